The van der Waals surface area contributed by atoms with Gasteiger partial charge in [-0.2, -0.15) is 0 Å². The maximum Gasteiger partial charge on any atom is 0.0159 e. The van der Waals surface area contributed by atoms with E-state index >= 15 is 0 Å². The molecule has 0 saturated heterocycles. The molecule has 7 aromatic rings. The summed E-state index contributed by atoms with van der Waals surface area (Å²) in [5.74, 6) is 0. The van der Waals surface area contributed by atoms with E-state index in [2.05, 4.69) is 150 Å². The minimum Gasteiger partial charge on any atom is -0.0619 e. The van der Waals surface area contributed by atoms with Crippen LogP contribution < -0.4 is 0 Å². The highest BCUT2D eigenvalue weighted by molar-refractivity contribution is 6.25. The minimum absolute atomic E-state index is 0.0112. The second kappa shape index (κ2) is 8.30. The molecule has 0 spiro atoms. The minimum atomic E-state index is 0.0112. The van der Waals surface area contributed by atoms with E-state index in [1.165, 1.54) is 82.4 Å². The van der Waals surface area contributed by atoms with Gasteiger partial charge in [0.1, 0.15) is 0 Å². The maximum absolute atomic E-state index is 2.41. The Morgan fingerprint density at radius 2 is 1.05 bits per heavy atom. The lowest BCUT2D eigenvalue weighted by Gasteiger charge is -2.22. The first-order valence-corrected chi connectivity index (χ1v) is 14.8. The third-order valence-electron chi connectivity index (χ3n) is 9.58. The Kier molecular flexibility index (Phi) is 4.94. The highest BCUT2D eigenvalue weighted by Gasteiger charge is 2.35. The van der Waals surface area contributed by atoms with Crippen LogP contribution in [-0.4, -0.2) is 0 Å². The average Bonchev–Trinajstić information content (AvgIpc) is 3.21. The first-order valence-electron chi connectivity index (χ1n) is 14.8. The molecule has 0 radical (unpaired) electrons. The van der Waals surface area contributed by atoms with E-state index in [0.29, 0.717) is 0 Å². The van der Waals surface area contributed by atoms with Gasteiger partial charge >= 0.3 is 0 Å². The van der Waals surface area contributed by atoms with Crippen molar-refractivity contribution in [2.75, 3.05) is 0 Å². The van der Waals surface area contributed by atoms with Crippen LogP contribution in [0, 0.1) is 0 Å². The van der Waals surface area contributed by atoms with Crippen LogP contribution in [0.1, 0.15) is 51.3 Å². The summed E-state index contributed by atoms with van der Waals surface area (Å²) in [7, 11) is 0. The van der Waals surface area contributed by atoms with Crippen molar-refractivity contribution in [1.29, 1.82) is 0 Å². The smallest absolute Gasteiger partial charge is 0.0159 e. The summed E-state index contributed by atoms with van der Waals surface area (Å²) in [6.45, 7) is 11.6. The molecular formula is C41H34. The van der Waals surface area contributed by atoms with E-state index < -0.39 is 0 Å². The van der Waals surface area contributed by atoms with Gasteiger partial charge in [0, 0.05) is 5.41 Å². The van der Waals surface area contributed by atoms with Crippen LogP contribution in [-0.2, 0) is 10.8 Å². The molecule has 198 valence electrons. The predicted molar refractivity (Wildman–Crippen MR) is 177 cm³/mol. The van der Waals surface area contributed by atoms with Crippen molar-refractivity contribution in [3.8, 4) is 33.4 Å². The van der Waals surface area contributed by atoms with Crippen molar-refractivity contribution in [3.05, 3.63) is 132 Å². The zero-order chi connectivity index (χ0) is 28.1. The van der Waals surface area contributed by atoms with E-state index in [0.717, 1.165) is 0 Å². The van der Waals surface area contributed by atoms with Gasteiger partial charge in [0.25, 0.3) is 0 Å². The maximum atomic E-state index is 2.41. The van der Waals surface area contributed by atoms with Crippen LogP contribution in [0.2, 0.25) is 0 Å². The summed E-state index contributed by atoms with van der Waals surface area (Å²) in [5, 5.41) is 8.06. The molecule has 0 saturated carbocycles. The monoisotopic (exact) mass is 526 g/mol. The van der Waals surface area contributed by atoms with Crippen LogP contribution in [0.4, 0.5) is 0 Å². The summed E-state index contributed by atoms with van der Waals surface area (Å²) in [6.07, 6.45) is 0. The van der Waals surface area contributed by atoms with E-state index in [4.69, 9.17) is 0 Å². The summed E-state index contributed by atoms with van der Waals surface area (Å²) in [6, 6.07) is 43.7. The van der Waals surface area contributed by atoms with Crippen LogP contribution >= 0.6 is 0 Å². The van der Waals surface area contributed by atoms with E-state index in [-0.39, 0.29) is 10.8 Å². The van der Waals surface area contributed by atoms with E-state index in [1.54, 1.807) is 0 Å². The molecule has 41 heavy (non-hydrogen) atoms. The first-order chi connectivity index (χ1) is 19.7. The lowest BCUT2D eigenvalue weighted by molar-refractivity contribution is 0.591. The van der Waals surface area contributed by atoms with Gasteiger partial charge in [-0.25, -0.2) is 0 Å². The molecule has 0 heterocycles. The Morgan fingerprint density at radius 3 is 1.80 bits per heavy atom. The fourth-order valence-corrected chi connectivity index (χ4v) is 7.23. The van der Waals surface area contributed by atoms with Gasteiger partial charge in [-0.1, -0.05) is 144 Å². The zero-order valence-corrected chi connectivity index (χ0v) is 24.5. The second-order valence-electron chi connectivity index (χ2n) is 13.4. The lowest BCUT2D eigenvalue weighted by atomic mass is 9.81. The summed E-state index contributed by atoms with van der Waals surface area (Å²) >= 11 is 0. The van der Waals surface area contributed by atoms with Gasteiger partial charge in [0.2, 0.25) is 0 Å². The normalized spacial score (nSPS) is 14.2. The van der Waals surface area contributed by atoms with Crippen molar-refractivity contribution in [2.45, 2.75) is 45.4 Å². The quantitative estimate of drug-likeness (QED) is 0.197. The van der Waals surface area contributed by atoms with Crippen molar-refractivity contribution >= 4 is 32.3 Å². The molecule has 1 aliphatic carbocycles. The molecule has 8 rings (SSSR count). The molecule has 0 unspecified atom stereocenters. The SMILES string of the molecule is CC(C)(C)c1cc2ccc3ccc(-c4ccc(-c5ccc6c(c5)C(C)(C)c5ccccc5-6)cc4)c4ccc(c1)c2c34. The highest BCUT2D eigenvalue weighted by atomic mass is 14.4. The molecule has 0 bridgehead atoms. The third-order valence-corrected chi connectivity index (χ3v) is 9.58. The molecule has 0 heteroatoms. The standard InChI is InChI=1S/C41H34/c1-40(2,3)31-22-29-15-14-27-16-19-32(35-21-18-30(23-31)38(29)39(27)35)26-12-10-25(11-13-26)28-17-20-34-33-8-6-7-9-36(33)41(4,5)37(34)24-28/h6-24H,1-5H3. The molecule has 0 amide bonds. The first kappa shape index (κ1) is 24.4. The largest absolute Gasteiger partial charge is 0.0619 e. The molecular weight excluding hydrogens is 492 g/mol. The number of hydrogen-bond donors (Lipinski definition) is 0. The molecule has 0 nitrogen and oxygen atoms in total. The summed E-state index contributed by atoms with van der Waals surface area (Å²) in [5.41, 5.74) is 12.2. The van der Waals surface area contributed by atoms with Gasteiger partial charge in [-0.15, -0.1) is 0 Å². The van der Waals surface area contributed by atoms with Crippen LogP contribution in [0.3, 0.4) is 0 Å². The highest BCUT2D eigenvalue weighted by Crippen LogP contribution is 2.49. The fourth-order valence-electron chi connectivity index (χ4n) is 7.23. The topological polar surface area (TPSA) is 0 Å². The lowest BCUT2D eigenvalue weighted by Crippen LogP contribution is -2.14. The fraction of sp³-hybridized carbons (Fsp3) is 0.171. The van der Waals surface area contributed by atoms with Crippen molar-refractivity contribution in [3.63, 3.8) is 0 Å². The molecule has 0 aliphatic heterocycles. The van der Waals surface area contributed by atoms with Crippen LogP contribution in [0.5, 0.6) is 0 Å². The van der Waals surface area contributed by atoms with Crippen LogP contribution in [0.25, 0.3) is 65.7 Å². The zero-order valence-electron chi connectivity index (χ0n) is 24.5. The Morgan fingerprint density at radius 1 is 0.463 bits per heavy atom. The van der Waals surface area contributed by atoms with E-state index in [9.17, 15) is 0 Å². The molecule has 7 aromatic carbocycles. The number of fused-ring (bicyclic) bond motifs is 3. The Balaban J connectivity index is 1.22. The predicted octanol–water partition coefficient (Wildman–Crippen LogP) is 11.5. The Bertz CT molecular complexity index is 2110. The number of rotatable bonds is 2. The molecule has 0 atom stereocenters. The third kappa shape index (κ3) is 3.53. The van der Waals surface area contributed by atoms with Gasteiger partial charge in [-0.3, -0.25) is 0 Å². The Hall–Kier alpha value is -4.42. The number of hydrogen-bond acceptors (Lipinski definition) is 0. The Labute approximate surface area is 242 Å². The number of benzene rings is 7. The van der Waals surface area contributed by atoms with Crippen molar-refractivity contribution in [1.82, 2.24) is 0 Å². The van der Waals surface area contributed by atoms with Gasteiger partial charge < -0.3 is 0 Å². The molecule has 0 fully saturated rings. The molecule has 0 N–H and O–H groups in total. The second-order valence-corrected chi connectivity index (χ2v) is 13.4. The van der Waals surface area contributed by atoms with Gasteiger partial charge in [0.05, 0.1) is 0 Å². The summed E-state index contributed by atoms with van der Waals surface area (Å²) in [4.78, 5) is 0. The van der Waals surface area contributed by atoms with Crippen LogP contribution in [0.15, 0.2) is 115 Å². The van der Waals surface area contributed by atoms with Gasteiger partial charge in [-0.05, 0) is 93.9 Å². The van der Waals surface area contributed by atoms with E-state index in [1.807, 2.05) is 0 Å². The summed E-state index contributed by atoms with van der Waals surface area (Å²) < 4.78 is 0. The van der Waals surface area contributed by atoms with Crippen molar-refractivity contribution < 1.29 is 0 Å². The average molecular weight is 527 g/mol. The molecule has 1 aliphatic rings. The van der Waals surface area contributed by atoms with Crippen molar-refractivity contribution in [2.24, 2.45) is 0 Å². The van der Waals surface area contributed by atoms with Gasteiger partial charge in [0.15, 0.2) is 0 Å². The molecule has 0 aromatic heterocycles.